The fourth-order valence-corrected chi connectivity index (χ4v) is 0.0913. The van der Waals surface area contributed by atoms with Gasteiger partial charge in [0.15, 0.2) is 0 Å². The molecule has 0 radical (unpaired) electrons. The van der Waals surface area contributed by atoms with Gasteiger partial charge >= 0.3 is 0 Å². The van der Waals surface area contributed by atoms with E-state index in [1.807, 2.05) is 14.0 Å². The van der Waals surface area contributed by atoms with Gasteiger partial charge in [0.1, 0.15) is 0 Å². The van der Waals surface area contributed by atoms with Crippen molar-refractivity contribution in [1.29, 1.82) is 0 Å². The molecule has 0 spiro atoms. The molecule has 0 aromatic heterocycles. The summed E-state index contributed by atoms with van der Waals surface area (Å²) >= 11 is 0. The number of nitrogens with zero attached hydrogens (tertiary/aromatic N) is 1. The van der Waals surface area contributed by atoms with Gasteiger partial charge in [0.2, 0.25) is 0 Å². The second kappa shape index (κ2) is 6.59. The summed E-state index contributed by atoms with van der Waals surface area (Å²) in [5, 5.41) is 1.78. The maximum Gasteiger partial charge on any atom is 0.0112 e. The molecule has 0 bridgehead atoms. The molecule has 3 N–H and O–H groups in total. The van der Waals surface area contributed by atoms with E-state index in [-0.39, 0.29) is 21.7 Å². The number of nitrogens with one attached hydrogen (secondary N) is 1. The molecule has 0 saturated carbocycles. The second-order valence-corrected chi connectivity index (χ2v) is 1.14. The Morgan fingerprint density at radius 2 is 2.14 bits per heavy atom. The number of hydrogen-bond acceptors (Lipinski definition) is 3. The molecule has 0 aliphatic heterocycles. The first-order valence-corrected chi connectivity index (χ1v) is 1.98. The molecular formula is C3H11N3Ti. The van der Waals surface area contributed by atoms with Gasteiger partial charge < -0.3 is 0 Å². The molecule has 0 aromatic carbocycles. The molecule has 0 heterocycles. The standard InChI is InChI=1S/C3H11N3.Ti/c1-3-6(2)5-4;/h5H,3-4H2,1-2H3;. The summed E-state index contributed by atoms with van der Waals surface area (Å²) in [4.78, 5) is 0. The van der Waals surface area contributed by atoms with Crippen LogP contribution in [0.25, 0.3) is 0 Å². The predicted molar refractivity (Wildman–Crippen MR) is 25.6 cm³/mol. The molecule has 4 heteroatoms. The largest absolute Gasteiger partial charge is 0.258 e. The summed E-state index contributed by atoms with van der Waals surface area (Å²) in [7, 11) is 1.88. The Kier molecular flexibility index (Phi) is 9.94. The van der Waals surface area contributed by atoms with Gasteiger partial charge in [-0.05, 0) is 0 Å². The van der Waals surface area contributed by atoms with Crippen molar-refractivity contribution in [3.05, 3.63) is 0 Å². The van der Waals surface area contributed by atoms with Crippen LogP contribution >= 0.6 is 0 Å². The zero-order chi connectivity index (χ0) is 4.99. The zero-order valence-corrected chi connectivity index (χ0v) is 6.29. The summed E-state index contributed by atoms with van der Waals surface area (Å²) in [5.41, 5.74) is 2.45. The number of hydrazine groups is 2. The van der Waals surface area contributed by atoms with E-state index >= 15 is 0 Å². The number of nitrogens with two attached hydrogens (primary N) is 1. The third kappa shape index (κ3) is 6.59. The van der Waals surface area contributed by atoms with Gasteiger partial charge in [-0.3, -0.25) is 5.84 Å². The maximum atomic E-state index is 4.96. The van der Waals surface area contributed by atoms with Crippen molar-refractivity contribution in [3.8, 4) is 0 Å². The molecule has 0 rings (SSSR count). The molecule has 42 valence electrons. The van der Waals surface area contributed by atoms with Gasteiger partial charge in [0.05, 0.1) is 0 Å². The average molecular weight is 137 g/mol. The number of rotatable bonds is 2. The molecule has 0 fully saturated rings. The summed E-state index contributed by atoms with van der Waals surface area (Å²) in [6, 6.07) is 0. The van der Waals surface area contributed by atoms with Gasteiger partial charge in [-0.25, -0.2) is 5.01 Å². The van der Waals surface area contributed by atoms with Crippen LogP contribution in [0, 0.1) is 0 Å². The van der Waals surface area contributed by atoms with Crippen LogP contribution in [-0.2, 0) is 21.7 Å². The van der Waals surface area contributed by atoms with Gasteiger partial charge in [0, 0.05) is 35.3 Å². The Bertz CT molecular complexity index is 29.4. The second-order valence-electron chi connectivity index (χ2n) is 1.14. The minimum Gasteiger partial charge on any atom is -0.258 e. The Hall–Kier alpha value is 0.594. The van der Waals surface area contributed by atoms with Gasteiger partial charge in [-0.1, -0.05) is 6.92 Å². The Morgan fingerprint density at radius 3 is 2.14 bits per heavy atom. The molecule has 0 aliphatic carbocycles. The summed E-state index contributed by atoms with van der Waals surface area (Å²) in [6.07, 6.45) is 0. The van der Waals surface area contributed by atoms with E-state index in [0.717, 1.165) is 6.54 Å². The van der Waals surface area contributed by atoms with Crippen LogP contribution in [0.3, 0.4) is 0 Å². The molecule has 0 aliphatic rings. The Balaban J connectivity index is 0. The van der Waals surface area contributed by atoms with E-state index in [0.29, 0.717) is 0 Å². The third-order valence-electron chi connectivity index (χ3n) is 0.695. The molecule has 7 heavy (non-hydrogen) atoms. The van der Waals surface area contributed by atoms with Crippen molar-refractivity contribution >= 4 is 0 Å². The van der Waals surface area contributed by atoms with E-state index in [9.17, 15) is 0 Å². The summed E-state index contributed by atoms with van der Waals surface area (Å²) in [6.45, 7) is 2.94. The zero-order valence-electron chi connectivity index (χ0n) is 4.73. The van der Waals surface area contributed by atoms with E-state index in [1.54, 1.807) is 5.01 Å². The van der Waals surface area contributed by atoms with Gasteiger partial charge in [-0.2, -0.15) is 5.53 Å². The molecule has 0 atom stereocenters. The van der Waals surface area contributed by atoms with Crippen LogP contribution in [0.15, 0.2) is 0 Å². The molecule has 0 saturated heterocycles. The minimum atomic E-state index is 0. The molecular weight excluding hydrogens is 126 g/mol. The summed E-state index contributed by atoms with van der Waals surface area (Å²) < 4.78 is 0. The Labute approximate surface area is 59.1 Å². The van der Waals surface area contributed by atoms with Crippen LogP contribution in [0.1, 0.15) is 6.92 Å². The van der Waals surface area contributed by atoms with Crippen LogP contribution < -0.4 is 11.4 Å². The van der Waals surface area contributed by atoms with Crippen molar-refractivity contribution in [2.45, 2.75) is 6.92 Å². The predicted octanol–water partition coefficient (Wildman–Crippen LogP) is -0.686. The van der Waals surface area contributed by atoms with Gasteiger partial charge in [-0.15, -0.1) is 0 Å². The maximum absolute atomic E-state index is 4.96. The van der Waals surface area contributed by atoms with E-state index < -0.39 is 0 Å². The van der Waals surface area contributed by atoms with Crippen LogP contribution in [0.5, 0.6) is 0 Å². The SMILES string of the molecule is CCN(C)NN.[Ti]. The smallest absolute Gasteiger partial charge is 0.0112 e. The van der Waals surface area contributed by atoms with E-state index in [1.165, 1.54) is 0 Å². The fourth-order valence-electron chi connectivity index (χ4n) is 0.0913. The van der Waals surface area contributed by atoms with Gasteiger partial charge in [0.25, 0.3) is 0 Å². The van der Waals surface area contributed by atoms with Crippen molar-refractivity contribution in [1.82, 2.24) is 10.5 Å². The number of hydrogen-bond donors (Lipinski definition) is 2. The molecule has 0 unspecified atom stereocenters. The van der Waals surface area contributed by atoms with E-state index in [2.05, 4.69) is 5.53 Å². The van der Waals surface area contributed by atoms with Crippen molar-refractivity contribution in [3.63, 3.8) is 0 Å². The third-order valence-corrected chi connectivity index (χ3v) is 0.695. The average Bonchev–Trinajstić information content (AvgIpc) is 1.65. The van der Waals surface area contributed by atoms with Crippen molar-refractivity contribution in [2.24, 2.45) is 5.84 Å². The van der Waals surface area contributed by atoms with Crippen LogP contribution in [0.4, 0.5) is 0 Å². The monoisotopic (exact) mass is 137 g/mol. The normalized spacial score (nSPS) is 8.57. The molecule has 0 amide bonds. The van der Waals surface area contributed by atoms with Crippen molar-refractivity contribution < 1.29 is 21.7 Å². The Morgan fingerprint density at radius 1 is 1.71 bits per heavy atom. The van der Waals surface area contributed by atoms with Crippen molar-refractivity contribution in [2.75, 3.05) is 13.6 Å². The molecule has 0 aromatic rings. The van der Waals surface area contributed by atoms with E-state index in [4.69, 9.17) is 5.84 Å². The quantitative estimate of drug-likeness (QED) is 0.301. The van der Waals surface area contributed by atoms with Crippen LogP contribution in [0.2, 0.25) is 0 Å². The minimum absolute atomic E-state index is 0. The first-order chi connectivity index (χ1) is 2.81. The fraction of sp³-hybridized carbons (Fsp3) is 1.00. The first kappa shape index (κ1) is 10.6. The topological polar surface area (TPSA) is 41.3 Å². The van der Waals surface area contributed by atoms with Crippen LogP contribution in [-0.4, -0.2) is 18.6 Å². The molecule has 3 nitrogen and oxygen atoms in total. The first-order valence-electron chi connectivity index (χ1n) is 1.98. The summed E-state index contributed by atoms with van der Waals surface area (Å²) in [5.74, 6) is 4.96.